The molecule has 0 atom stereocenters. The molecule has 2 aromatic rings. The number of nitrogens with zero attached hydrogens (tertiary/aromatic N) is 1. The van der Waals surface area contributed by atoms with Crippen LogP contribution < -0.4 is 10.5 Å². The molecule has 0 aliphatic rings. The van der Waals surface area contributed by atoms with Gasteiger partial charge in [0.2, 0.25) is 0 Å². The highest BCUT2D eigenvalue weighted by Crippen LogP contribution is 2.30. The molecular formula is C15H15ClN2O2. The maximum absolute atomic E-state index is 8.82. The van der Waals surface area contributed by atoms with Crippen LogP contribution in [-0.4, -0.2) is 11.0 Å². The van der Waals surface area contributed by atoms with Crippen LogP contribution in [0, 0.1) is 0 Å². The molecule has 3 N–H and O–H groups in total. The molecule has 20 heavy (non-hydrogen) atoms. The molecule has 0 heterocycles. The van der Waals surface area contributed by atoms with E-state index in [0.717, 1.165) is 17.7 Å². The van der Waals surface area contributed by atoms with E-state index in [0.29, 0.717) is 16.3 Å². The summed E-state index contributed by atoms with van der Waals surface area (Å²) in [5, 5.41) is 12.3. The Labute approximate surface area is 122 Å². The zero-order valence-electron chi connectivity index (χ0n) is 11.0. The van der Waals surface area contributed by atoms with E-state index in [2.05, 4.69) is 5.16 Å². The van der Waals surface area contributed by atoms with Gasteiger partial charge < -0.3 is 15.7 Å². The Hall–Kier alpha value is -2.20. The number of nitrogens with two attached hydrogens (primary N) is 1. The maximum atomic E-state index is 8.82. The highest BCUT2D eigenvalue weighted by Gasteiger charge is 2.11. The van der Waals surface area contributed by atoms with Gasteiger partial charge in [-0.1, -0.05) is 41.9 Å². The van der Waals surface area contributed by atoms with Crippen LogP contribution in [0.1, 0.15) is 18.1 Å². The largest absolute Gasteiger partial charge is 0.456 e. The number of oxime groups is 1. The summed E-state index contributed by atoms with van der Waals surface area (Å²) in [5.41, 5.74) is 7.20. The van der Waals surface area contributed by atoms with Crippen molar-refractivity contribution in [2.75, 3.05) is 0 Å². The SMILES string of the molecule is CCc1ccccc1Oc1cc(Cl)ccc1C(N)=NO. The normalized spacial score (nSPS) is 11.4. The van der Waals surface area contributed by atoms with E-state index in [1.807, 2.05) is 31.2 Å². The Balaban J connectivity index is 2.45. The van der Waals surface area contributed by atoms with Crippen LogP contribution in [0.2, 0.25) is 5.02 Å². The van der Waals surface area contributed by atoms with Crippen molar-refractivity contribution < 1.29 is 9.94 Å². The van der Waals surface area contributed by atoms with Crippen LogP contribution in [-0.2, 0) is 6.42 Å². The molecule has 5 heteroatoms. The van der Waals surface area contributed by atoms with Crippen LogP contribution in [0.3, 0.4) is 0 Å². The van der Waals surface area contributed by atoms with Crippen LogP contribution in [0.4, 0.5) is 0 Å². The first-order chi connectivity index (χ1) is 9.65. The first-order valence-electron chi connectivity index (χ1n) is 6.19. The van der Waals surface area contributed by atoms with Gasteiger partial charge in [-0.3, -0.25) is 0 Å². The number of aryl methyl sites for hydroxylation is 1. The third-order valence-corrected chi connectivity index (χ3v) is 3.14. The minimum absolute atomic E-state index is 0.0225. The van der Waals surface area contributed by atoms with Crippen molar-refractivity contribution in [2.45, 2.75) is 13.3 Å². The molecule has 2 rings (SSSR count). The molecule has 0 radical (unpaired) electrons. The summed E-state index contributed by atoms with van der Waals surface area (Å²) in [6.07, 6.45) is 0.843. The summed E-state index contributed by atoms with van der Waals surface area (Å²) in [6.45, 7) is 2.05. The molecule has 0 aromatic heterocycles. The van der Waals surface area contributed by atoms with Crippen molar-refractivity contribution in [1.29, 1.82) is 0 Å². The third-order valence-electron chi connectivity index (χ3n) is 2.90. The number of rotatable bonds is 4. The fourth-order valence-electron chi connectivity index (χ4n) is 1.86. The molecule has 0 saturated heterocycles. The fraction of sp³-hybridized carbons (Fsp3) is 0.133. The number of amidine groups is 1. The molecule has 0 spiro atoms. The minimum Gasteiger partial charge on any atom is -0.456 e. The highest BCUT2D eigenvalue weighted by atomic mass is 35.5. The zero-order valence-corrected chi connectivity index (χ0v) is 11.8. The van der Waals surface area contributed by atoms with E-state index in [-0.39, 0.29) is 5.84 Å². The van der Waals surface area contributed by atoms with E-state index < -0.39 is 0 Å². The van der Waals surface area contributed by atoms with Crippen LogP contribution >= 0.6 is 11.6 Å². The number of ether oxygens (including phenoxy) is 1. The average Bonchev–Trinajstić information content (AvgIpc) is 2.47. The van der Waals surface area contributed by atoms with Crippen LogP contribution in [0.25, 0.3) is 0 Å². The second-order valence-corrected chi connectivity index (χ2v) is 4.63. The van der Waals surface area contributed by atoms with Gasteiger partial charge in [0.15, 0.2) is 5.84 Å². The Morgan fingerprint density at radius 3 is 2.70 bits per heavy atom. The lowest BCUT2D eigenvalue weighted by Crippen LogP contribution is -2.14. The van der Waals surface area contributed by atoms with Gasteiger partial charge in [0.25, 0.3) is 0 Å². The molecule has 0 amide bonds. The predicted molar refractivity (Wildman–Crippen MR) is 79.9 cm³/mol. The number of hydrogen-bond acceptors (Lipinski definition) is 3. The number of hydrogen-bond donors (Lipinski definition) is 2. The molecule has 0 bridgehead atoms. The standard InChI is InChI=1S/C15H15ClN2O2/c1-2-10-5-3-4-6-13(10)20-14-9-11(16)7-8-12(14)15(17)18-19/h3-9,19H,2H2,1H3,(H2,17,18). The average molecular weight is 291 g/mol. The van der Waals surface area contributed by atoms with E-state index in [1.165, 1.54) is 0 Å². The van der Waals surface area contributed by atoms with Gasteiger partial charge in [-0.05, 0) is 30.2 Å². The van der Waals surface area contributed by atoms with Gasteiger partial charge in [0.1, 0.15) is 11.5 Å². The van der Waals surface area contributed by atoms with Gasteiger partial charge in [0, 0.05) is 11.1 Å². The quantitative estimate of drug-likeness (QED) is 0.389. The summed E-state index contributed by atoms with van der Waals surface area (Å²) < 4.78 is 5.88. The van der Waals surface area contributed by atoms with E-state index in [9.17, 15) is 0 Å². The summed E-state index contributed by atoms with van der Waals surface area (Å²) in [4.78, 5) is 0. The predicted octanol–water partition coefficient (Wildman–Crippen LogP) is 3.79. The molecule has 0 aliphatic carbocycles. The summed E-state index contributed by atoms with van der Waals surface area (Å²) >= 11 is 5.98. The Kier molecular flexibility index (Phi) is 4.48. The van der Waals surface area contributed by atoms with Crippen molar-refractivity contribution in [2.24, 2.45) is 10.9 Å². The third kappa shape index (κ3) is 3.03. The van der Waals surface area contributed by atoms with Crippen molar-refractivity contribution in [3.05, 3.63) is 58.6 Å². The smallest absolute Gasteiger partial charge is 0.173 e. The van der Waals surface area contributed by atoms with E-state index in [1.54, 1.807) is 18.2 Å². The van der Waals surface area contributed by atoms with Crippen molar-refractivity contribution in [3.8, 4) is 11.5 Å². The van der Waals surface area contributed by atoms with Crippen LogP contribution in [0.15, 0.2) is 47.6 Å². The molecule has 0 fully saturated rings. The van der Waals surface area contributed by atoms with E-state index in [4.69, 9.17) is 27.3 Å². The molecule has 104 valence electrons. The lowest BCUT2D eigenvalue weighted by atomic mass is 10.1. The Bertz CT molecular complexity index is 642. The van der Waals surface area contributed by atoms with Gasteiger partial charge in [-0.2, -0.15) is 0 Å². The summed E-state index contributed by atoms with van der Waals surface area (Å²) in [7, 11) is 0. The molecule has 0 saturated carbocycles. The highest BCUT2D eigenvalue weighted by molar-refractivity contribution is 6.30. The zero-order chi connectivity index (χ0) is 14.5. The molecule has 4 nitrogen and oxygen atoms in total. The van der Waals surface area contributed by atoms with Crippen molar-refractivity contribution in [1.82, 2.24) is 0 Å². The number of benzene rings is 2. The number of para-hydroxylation sites is 1. The Morgan fingerprint density at radius 2 is 2.00 bits per heavy atom. The van der Waals surface area contributed by atoms with Gasteiger partial charge in [-0.15, -0.1) is 0 Å². The summed E-state index contributed by atoms with van der Waals surface area (Å²) in [6, 6.07) is 12.7. The van der Waals surface area contributed by atoms with Crippen molar-refractivity contribution >= 4 is 17.4 Å². The lowest BCUT2D eigenvalue weighted by molar-refractivity contribution is 0.318. The first kappa shape index (κ1) is 14.2. The second kappa shape index (κ2) is 6.30. The van der Waals surface area contributed by atoms with Crippen LogP contribution in [0.5, 0.6) is 11.5 Å². The molecular weight excluding hydrogens is 276 g/mol. The number of halogens is 1. The summed E-state index contributed by atoms with van der Waals surface area (Å²) in [5.74, 6) is 1.16. The Morgan fingerprint density at radius 1 is 1.25 bits per heavy atom. The van der Waals surface area contributed by atoms with Crippen molar-refractivity contribution in [3.63, 3.8) is 0 Å². The van der Waals surface area contributed by atoms with Gasteiger partial charge >= 0.3 is 0 Å². The van der Waals surface area contributed by atoms with E-state index >= 15 is 0 Å². The van der Waals surface area contributed by atoms with Gasteiger partial charge in [-0.25, -0.2) is 0 Å². The lowest BCUT2D eigenvalue weighted by Gasteiger charge is -2.13. The molecule has 2 aromatic carbocycles. The minimum atomic E-state index is -0.0225. The van der Waals surface area contributed by atoms with Gasteiger partial charge in [0.05, 0.1) is 5.56 Å². The topological polar surface area (TPSA) is 67.8 Å². The first-order valence-corrected chi connectivity index (χ1v) is 6.56. The molecule has 0 unspecified atom stereocenters. The second-order valence-electron chi connectivity index (χ2n) is 4.19. The maximum Gasteiger partial charge on any atom is 0.173 e. The fourth-order valence-corrected chi connectivity index (χ4v) is 2.02. The molecule has 0 aliphatic heterocycles. The monoisotopic (exact) mass is 290 g/mol.